The molecule has 0 aliphatic carbocycles. The third kappa shape index (κ3) is 8.11. The molecule has 1 aliphatic rings. The molecule has 3 rings (SSSR count). The van der Waals surface area contributed by atoms with Gasteiger partial charge in [-0.3, -0.25) is 0 Å². The zero-order valence-corrected chi connectivity index (χ0v) is 20.2. The van der Waals surface area contributed by atoms with Crippen molar-refractivity contribution in [3.05, 3.63) is 71.8 Å². The first kappa shape index (κ1) is 26.7. The average molecular weight is 477 g/mol. The van der Waals surface area contributed by atoms with E-state index < -0.39 is 30.7 Å². The van der Waals surface area contributed by atoms with Crippen molar-refractivity contribution in [2.45, 2.75) is 43.9 Å². The van der Waals surface area contributed by atoms with Crippen LogP contribution < -0.4 is 0 Å². The zero-order valence-electron chi connectivity index (χ0n) is 20.2. The van der Waals surface area contributed by atoms with Crippen LogP contribution in [0.25, 0.3) is 0 Å². The van der Waals surface area contributed by atoms with Crippen LogP contribution in [0.4, 0.5) is 0 Å². The van der Waals surface area contributed by atoms with Gasteiger partial charge in [0.15, 0.2) is 6.29 Å². The first-order valence-corrected chi connectivity index (χ1v) is 11.4. The molecular weight excluding hydrogens is 440 g/mol. The van der Waals surface area contributed by atoms with Crippen LogP contribution >= 0.6 is 0 Å². The molecule has 34 heavy (non-hydrogen) atoms. The first-order chi connectivity index (χ1) is 16.8. The Labute approximate surface area is 202 Å². The van der Waals surface area contributed by atoms with E-state index in [-0.39, 0.29) is 6.79 Å². The van der Waals surface area contributed by atoms with Gasteiger partial charge in [-0.15, -0.1) is 0 Å². The van der Waals surface area contributed by atoms with Gasteiger partial charge in [0, 0.05) is 21.3 Å². The Hall–Kier alpha value is -1.88. The summed E-state index contributed by atoms with van der Waals surface area (Å²) >= 11 is 0. The predicted molar refractivity (Wildman–Crippen MR) is 125 cm³/mol. The molecule has 0 saturated carbocycles. The summed E-state index contributed by atoms with van der Waals surface area (Å²) in [4.78, 5) is 0. The lowest BCUT2D eigenvalue weighted by molar-refractivity contribution is -0.329. The quantitative estimate of drug-likeness (QED) is 0.287. The molecule has 1 fully saturated rings. The molecule has 1 heterocycles. The van der Waals surface area contributed by atoms with Gasteiger partial charge in [0.05, 0.1) is 33.0 Å². The average Bonchev–Trinajstić information content (AvgIpc) is 2.88. The van der Waals surface area contributed by atoms with Crippen molar-refractivity contribution in [3.8, 4) is 0 Å². The fraction of sp³-hybridized carbons (Fsp3) is 0.538. The molecule has 8 heteroatoms. The van der Waals surface area contributed by atoms with Crippen molar-refractivity contribution in [2.24, 2.45) is 0 Å². The topological polar surface area (TPSA) is 73.8 Å². The molecule has 8 nitrogen and oxygen atoms in total. The summed E-state index contributed by atoms with van der Waals surface area (Å²) in [6.07, 6.45) is -2.62. The van der Waals surface area contributed by atoms with E-state index >= 15 is 0 Å². The third-order valence-electron chi connectivity index (χ3n) is 5.50. The van der Waals surface area contributed by atoms with Gasteiger partial charge in [-0.25, -0.2) is 0 Å². The highest BCUT2D eigenvalue weighted by Crippen LogP contribution is 2.30. The van der Waals surface area contributed by atoms with Crippen LogP contribution in [0.3, 0.4) is 0 Å². The van der Waals surface area contributed by atoms with Gasteiger partial charge < -0.3 is 37.9 Å². The van der Waals surface area contributed by atoms with E-state index in [2.05, 4.69) is 0 Å². The second-order valence-corrected chi connectivity index (χ2v) is 7.91. The van der Waals surface area contributed by atoms with Crippen molar-refractivity contribution in [1.29, 1.82) is 0 Å². The molecule has 0 aromatic heterocycles. The molecule has 1 saturated heterocycles. The fourth-order valence-electron chi connectivity index (χ4n) is 3.80. The lowest BCUT2D eigenvalue weighted by atomic mass is 9.98. The second-order valence-electron chi connectivity index (χ2n) is 7.91. The van der Waals surface area contributed by atoms with E-state index in [0.29, 0.717) is 33.0 Å². The number of methoxy groups -OCH3 is 3. The van der Waals surface area contributed by atoms with Crippen LogP contribution in [-0.2, 0) is 51.1 Å². The molecule has 0 bridgehead atoms. The minimum atomic E-state index is -0.677. The number of rotatable bonds is 15. The van der Waals surface area contributed by atoms with Gasteiger partial charge >= 0.3 is 0 Å². The van der Waals surface area contributed by atoms with E-state index in [4.69, 9.17) is 37.9 Å². The van der Waals surface area contributed by atoms with Crippen LogP contribution in [0.5, 0.6) is 0 Å². The summed E-state index contributed by atoms with van der Waals surface area (Å²) in [5.74, 6) is 0. The van der Waals surface area contributed by atoms with Gasteiger partial charge in [-0.05, 0) is 11.1 Å². The molecule has 0 N–H and O–H groups in total. The van der Waals surface area contributed by atoms with E-state index in [1.54, 1.807) is 21.3 Å². The molecule has 1 aliphatic heterocycles. The maximum Gasteiger partial charge on any atom is 0.186 e. The Balaban J connectivity index is 1.78. The van der Waals surface area contributed by atoms with Gasteiger partial charge in [0.25, 0.3) is 0 Å². The summed E-state index contributed by atoms with van der Waals surface area (Å²) in [5.41, 5.74) is 2.10. The van der Waals surface area contributed by atoms with Crippen LogP contribution in [0.1, 0.15) is 11.1 Å². The van der Waals surface area contributed by atoms with E-state index in [0.717, 1.165) is 11.1 Å². The van der Waals surface area contributed by atoms with E-state index in [1.165, 1.54) is 0 Å². The highest BCUT2D eigenvalue weighted by atomic mass is 16.7. The number of benzene rings is 2. The number of hydrogen-bond acceptors (Lipinski definition) is 8. The lowest BCUT2D eigenvalue weighted by Crippen LogP contribution is -2.61. The monoisotopic (exact) mass is 476 g/mol. The summed E-state index contributed by atoms with van der Waals surface area (Å²) in [6.45, 7) is 2.04. The predicted octanol–water partition coefficient (Wildman–Crippen LogP) is 3.18. The van der Waals surface area contributed by atoms with Gasteiger partial charge in [-0.1, -0.05) is 60.7 Å². The Morgan fingerprint density at radius 2 is 1.29 bits per heavy atom. The standard InChI is InChI=1S/C26H36O8/c1-27-14-15-30-19-33-25-24(32-17-21-12-8-5-9-13-21)23(22(18-28-2)34-26(25)29-3)31-16-20-10-6-4-7-11-20/h4-13,22-26H,14-19H2,1-3H3/t22-,23+,24+,25-,26+/m1/s1. The summed E-state index contributed by atoms with van der Waals surface area (Å²) in [7, 11) is 4.83. The third-order valence-corrected chi connectivity index (χ3v) is 5.50. The minimum Gasteiger partial charge on any atom is -0.382 e. The van der Waals surface area contributed by atoms with Crippen LogP contribution in [0.15, 0.2) is 60.7 Å². The van der Waals surface area contributed by atoms with Crippen molar-refractivity contribution >= 4 is 0 Å². The molecule has 0 amide bonds. The fourth-order valence-corrected chi connectivity index (χ4v) is 3.80. The molecule has 0 radical (unpaired) electrons. The Bertz CT molecular complexity index is 775. The Kier molecular flexibility index (Phi) is 11.9. The second kappa shape index (κ2) is 15.2. The van der Waals surface area contributed by atoms with E-state index in [9.17, 15) is 0 Å². The molecule has 0 spiro atoms. The number of ether oxygens (including phenoxy) is 8. The van der Waals surface area contributed by atoms with Gasteiger partial charge in [0.1, 0.15) is 31.2 Å². The van der Waals surface area contributed by atoms with Crippen molar-refractivity contribution < 1.29 is 37.9 Å². The highest BCUT2D eigenvalue weighted by Gasteiger charge is 2.48. The summed E-state index contributed by atoms with van der Waals surface area (Å²) in [6, 6.07) is 19.9. The lowest BCUT2D eigenvalue weighted by Gasteiger charge is -2.45. The maximum absolute atomic E-state index is 6.42. The molecular formula is C26H36O8. The summed E-state index contributed by atoms with van der Waals surface area (Å²) in [5, 5.41) is 0. The van der Waals surface area contributed by atoms with Crippen molar-refractivity contribution in [3.63, 3.8) is 0 Å². The first-order valence-electron chi connectivity index (χ1n) is 11.4. The Morgan fingerprint density at radius 1 is 0.676 bits per heavy atom. The molecule has 188 valence electrons. The molecule has 0 unspecified atom stereocenters. The van der Waals surface area contributed by atoms with Crippen LogP contribution in [0.2, 0.25) is 0 Å². The van der Waals surface area contributed by atoms with Crippen LogP contribution in [0, 0.1) is 0 Å². The SMILES string of the molecule is COCCOCO[C@H]1[C@@H](OC)O[C@H](COC)[C@H](OCc2ccccc2)[C@@H]1OCc1ccccc1. The van der Waals surface area contributed by atoms with Crippen molar-refractivity contribution in [1.82, 2.24) is 0 Å². The molecule has 2 aromatic rings. The number of hydrogen-bond donors (Lipinski definition) is 0. The van der Waals surface area contributed by atoms with Gasteiger partial charge in [-0.2, -0.15) is 0 Å². The largest absolute Gasteiger partial charge is 0.382 e. The Morgan fingerprint density at radius 3 is 1.85 bits per heavy atom. The molecule has 2 aromatic carbocycles. The smallest absolute Gasteiger partial charge is 0.186 e. The van der Waals surface area contributed by atoms with Crippen molar-refractivity contribution in [2.75, 3.05) is 47.9 Å². The van der Waals surface area contributed by atoms with E-state index in [1.807, 2.05) is 60.7 Å². The molecule has 5 atom stereocenters. The minimum absolute atomic E-state index is 0.0444. The maximum atomic E-state index is 6.42. The van der Waals surface area contributed by atoms with Gasteiger partial charge in [0.2, 0.25) is 0 Å². The highest BCUT2D eigenvalue weighted by molar-refractivity contribution is 5.14. The normalized spacial score (nSPS) is 24.9. The zero-order chi connectivity index (χ0) is 24.0. The van der Waals surface area contributed by atoms with Crippen LogP contribution in [-0.4, -0.2) is 78.6 Å². The summed E-state index contributed by atoms with van der Waals surface area (Å²) < 4.78 is 46.7.